The highest BCUT2D eigenvalue weighted by molar-refractivity contribution is 7.13. The van der Waals surface area contributed by atoms with Crippen molar-refractivity contribution >= 4 is 28.9 Å². The highest BCUT2D eigenvalue weighted by Gasteiger charge is 2.19. The number of amides is 1. The second-order valence-electron chi connectivity index (χ2n) is 7.35. The molecule has 5 aromatic rings. The number of nitrogens with two attached hydrogens (primary N) is 1. The highest BCUT2D eigenvalue weighted by Crippen LogP contribution is 2.24. The monoisotopic (exact) mass is 456 g/mol. The van der Waals surface area contributed by atoms with Crippen molar-refractivity contribution in [3.05, 3.63) is 95.5 Å². The lowest BCUT2D eigenvalue weighted by atomic mass is 10.2. The number of hydrogen-bond donors (Lipinski definition) is 1. The summed E-state index contributed by atoms with van der Waals surface area (Å²) in [5.41, 5.74) is 8.65. The van der Waals surface area contributed by atoms with Crippen molar-refractivity contribution in [2.75, 3.05) is 5.73 Å². The topological polar surface area (TPSA) is 98.6 Å². The van der Waals surface area contributed by atoms with Gasteiger partial charge in [-0.15, -0.1) is 16.4 Å². The molecule has 164 valence electrons. The molecule has 0 spiro atoms. The molecule has 0 fully saturated rings. The number of nitrogen functional groups attached to an aromatic ring is 1. The van der Waals surface area contributed by atoms with E-state index in [9.17, 15) is 4.79 Å². The second kappa shape index (κ2) is 9.09. The maximum absolute atomic E-state index is 13.2. The van der Waals surface area contributed by atoms with Gasteiger partial charge in [-0.2, -0.15) is 4.52 Å². The Hall–Kier alpha value is -4.24. The van der Waals surface area contributed by atoms with Crippen molar-refractivity contribution in [2.24, 2.45) is 0 Å². The Bertz CT molecular complexity index is 1330. The minimum atomic E-state index is -0.480. The fraction of sp³-hybridized carbons (Fsp3) is 0.0833. The summed E-state index contributed by atoms with van der Waals surface area (Å²) in [6, 6.07) is 22.8. The summed E-state index contributed by atoms with van der Waals surface area (Å²) < 4.78 is 7.22. The first kappa shape index (κ1) is 20.7. The summed E-state index contributed by atoms with van der Waals surface area (Å²) in [7, 11) is 0. The molecular formula is C24H20N6O2S. The van der Waals surface area contributed by atoms with Gasteiger partial charge < -0.3 is 10.5 Å². The quantitative estimate of drug-likeness (QED) is 0.400. The fourth-order valence-corrected chi connectivity index (χ4v) is 3.99. The van der Waals surface area contributed by atoms with Crippen LogP contribution in [0.15, 0.2) is 84.4 Å². The van der Waals surface area contributed by atoms with Crippen LogP contribution in [-0.2, 0) is 13.1 Å². The molecule has 2 N–H and O–H groups in total. The third kappa shape index (κ3) is 4.68. The number of rotatable bonds is 6. The molecule has 33 heavy (non-hydrogen) atoms. The number of carbonyl (C=O) groups excluding carboxylic acids is 1. The van der Waals surface area contributed by atoms with Gasteiger partial charge in [0.25, 0.3) is 0 Å². The fourth-order valence-electron chi connectivity index (χ4n) is 3.42. The first-order valence-corrected chi connectivity index (χ1v) is 11.1. The van der Waals surface area contributed by atoms with Crippen LogP contribution in [0.5, 0.6) is 5.75 Å². The molecule has 3 aromatic heterocycles. The molecule has 1 amide bonds. The molecule has 0 aliphatic heterocycles. The van der Waals surface area contributed by atoms with Crippen LogP contribution < -0.4 is 10.5 Å². The van der Waals surface area contributed by atoms with E-state index in [0.29, 0.717) is 41.1 Å². The molecule has 0 saturated heterocycles. The zero-order valence-electron chi connectivity index (χ0n) is 17.5. The molecule has 0 saturated carbocycles. The number of aromatic nitrogens is 4. The molecule has 0 aliphatic carbocycles. The number of benzene rings is 2. The average molecular weight is 457 g/mol. The predicted molar refractivity (Wildman–Crippen MR) is 127 cm³/mol. The number of ether oxygens (including phenoxy) is 1. The maximum Gasteiger partial charge on any atom is 0.415 e. The molecule has 8 nitrogen and oxygen atoms in total. The summed E-state index contributed by atoms with van der Waals surface area (Å²) in [5.74, 6) is 1.08. The number of carbonyl (C=O) groups is 1. The first-order valence-electron chi connectivity index (χ1n) is 10.3. The standard InChI is InChI=1S/C24H20N6O2S/c25-20-13-19(14-21-27-22(28-30(20)21)23-26-11-12-33-23)32-24(31)29(15-17-7-3-1-4-8-17)16-18-9-5-2-6-10-18/h1-14H,15-16,25H2. The van der Waals surface area contributed by atoms with Crippen LogP contribution in [0.1, 0.15) is 11.1 Å². The second-order valence-corrected chi connectivity index (χ2v) is 8.25. The van der Waals surface area contributed by atoms with E-state index in [0.717, 1.165) is 11.1 Å². The van der Waals surface area contributed by atoms with Crippen molar-refractivity contribution in [2.45, 2.75) is 13.1 Å². The third-order valence-electron chi connectivity index (χ3n) is 4.96. The summed E-state index contributed by atoms with van der Waals surface area (Å²) in [6.07, 6.45) is 1.21. The predicted octanol–water partition coefficient (Wildman–Crippen LogP) is 4.64. The SMILES string of the molecule is Nc1cc(OC(=O)N(Cc2ccccc2)Cc2ccccc2)cc2nc(-c3nccs3)nn12. The van der Waals surface area contributed by atoms with E-state index in [4.69, 9.17) is 10.5 Å². The van der Waals surface area contributed by atoms with Gasteiger partial charge in [0.05, 0.1) is 0 Å². The molecular weight excluding hydrogens is 436 g/mol. The molecule has 0 radical (unpaired) electrons. The largest absolute Gasteiger partial charge is 0.415 e. The highest BCUT2D eigenvalue weighted by atomic mass is 32.1. The van der Waals surface area contributed by atoms with Gasteiger partial charge in [0.15, 0.2) is 10.7 Å². The third-order valence-corrected chi connectivity index (χ3v) is 5.73. The van der Waals surface area contributed by atoms with E-state index in [-0.39, 0.29) is 0 Å². The van der Waals surface area contributed by atoms with Crippen LogP contribution >= 0.6 is 11.3 Å². The summed E-state index contributed by atoms with van der Waals surface area (Å²) in [4.78, 5) is 23.5. The number of hydrogen-bond acceptors (Lipinski definition) is 7. The maximum atomic E-state index is 13.2. The lowest BCUT2D eigenvalue weighted by Crippen LogP contribution is -2.32. The van der Waals surface area contributed by atoms with Crippen molar-refractivity contribution in [3.63, 3.8) is 0 Å². The average Bonchev–Trinajstić information content (AvgIpc) is 3.50. The molecule has 3 heterocycles. The van der Waals surface area contributed by atoms with Crippen LogP contribution in [-0.4, -0.2) is 30.6 Å². The first-order chi connectivity index (χ1) is 16.2. The lowest BCUT2D eigenvalue weighted by molar-refractivity contribution is 0.146. The van der Waals surface area contributed by atoms with Gasteiger partial charge in [0.2, 0.25) is 5.82 Å². The van der Waals surface area contributed by atoms with Crippen LogP contribution in [0.25, 0.3) is 16.5 Å². The van der Waals surface area contributed by atoms with Crippen molar-refractivity contribution in [1.29, 1.82) is 0 Å². The van der Waals surface area contributed by atoms with E-state index in [1.807, 2.05) is 66.0 Å². The Morgan fingerprint density at radius 3 is 2.27 bits per heavy atom. The van der Waals surface area contributed by atoms with E-state index >= 15 is 0 Å². The normalized spacial score (nSPS) is 10.9. The zero-order valence-corrected chi connectivity index (χ0v) is 18.4. The van der Waals surface area contributed by atoms with Gasteiger partial charge in [-0.05, 0) is 11.1 Å². The Morgan fingerprint density at radius 1 is 1.00 bits per heavy atom. The van der Waals surface area contributed by atoms with E-state index in [2.05, 4.69) is 15.1 Å². The molecule has 5 rings (SSSR count). The minimum absolute atomic E-state index is 0.300. The number of fused-ring (bicyclic) bond motifs is 1. The van der Waals surface area contributed by atoms with Crippen molar-refractivity contribution in [1.82, 2.24) is 24.5 Å². The molecule has 0 unspecified atom stereocenters. The number of pyridine rings is 1. The van der Waals surface area contributed by atoms with E-state index in [1.54, 1.807) is 23.2 Å². The lowest BCUT2D eigenvalue weighted by Gasteiger charge is -2.22. The molecule has 9 heteroatoms. The van der Waals surface area contributed by atoms with Gasteiger partial charge in [-0.25, -0.2) is 14.8 Å². The Balaban J connectivity index is 1.41. The van der Waals surface area contributed by atoms with Crippen LogP contribution in [0, 0.1) is 0 Å². The summed E-state index contributed by atoms with van der Waals surface area (Å²) >= 11 is 1.44. The molecule has 0 atom stereocenters. The molecule has 0 bridgehead atoms. The Kier molecular flexibility index (Phi) is 5.69. The number of nitrogens with zero attached hydrogens (tertiary/aromatic N) is 5. The van der Waals surface area contributed by atoms with Crippen molar-refractivity contribution < 1.29 is 9.53 Å². The van der Waals surface area contributed by atoms with Gasteiger partial charge in [-0.3, -0.25) is 4.90 Å². The summed E-state index contributed by atoms with van der Waals surface area (Å²) in [6.45, 7) is 0.816. The van der Waals surface area contributed by atoms with Gasteiger partial charge in [-0.1, -0.05) is 60.7 Å². The van der Waals surface area contributed by atoms with Gasteiger partial charge in [0.1, 0.15) is 11.6 Å². The number of anilines is 1. The van der Waals surface area contributed by atoms with Crippen molar-refractivity contribution in [3.8, 4) is 16.6 Å². The van der Waals surface area contributed by atoms with Gasteiger partial charge >= 0.3 is 6.09 Å². The van der Waals surface area contributed by atoms with Crippen LogP contribution in [0.3, 0.4) is 0 Å². The minimum Gasteiger partial charge on any atom is -0.410 e. The zero-order chi connectivity index (χ0) is 22.6. The van der Waals surface area contributed by atoms with Crippen LogP contribution in [0.4, 0.5) is 10.6 Å². The van der Waals surface area contributed by atoms with E-state index in [1.165, 1.54) is 15.9 Å². The van der Waals surface area contributed by atoms with E-state index < -0.39 is 6.09 Å². The Labute approximate surface area is 193 Å². The van der Waals surface area contributed by atoms with Gasteiger partial charge in [0, 0.05) is 36.8 Å². The van der Waals surface area contributed by atoms with Crippen LogP contribution in [0.2, 0.25) is 0 Å². The Morgan fingerprint density at radius 2 is 1.67 bits per heavy atom. The summed E-state index contributed by atoms with van der Waals surface area (Å²) in [5, 5.41) is 6.94. The smallest absolute Gasteiger partial charge is 0.410 e. The molecule has 2 aromatic carbocycles. The molecule has 0 aliphatic rings. The number of thiazole rings is 1.